The van der Waals surface area contributed by atoms with Gasteiger partial charge in [-0.3, -0.25) is 0 Å². The first-order chi connectivity index (χ1) is 4.74. The van der Waals surface area contributed by atoms with Crippen molar-refractivity contribution in [3.8, 4) is 0 Å². The summed E-state index contributed by atoms with van der Waals surface area (Å²) in [6.07, 6.45) is 1.77. The van der Waals surface area contributed by atoms with E-state index in [1.54, 1.807) is 6.20 Å². The number of hydrogen-bond acceptors (Lipinski definition) is 1. The summed E-state index contributed by atoms with van der Waals surface area (Å²) in [7, 11) is 0. The fourth-order valence-electron chi connectivity index (χ4n) is 0.689. The van der Waals surface area contributed by atoms with Crippen LogP contribution in [0.2, 0.25) is 0 Å². The number of aryl methyl sites for hydroxylation is 1. The minimum atomic E-state index is 0. The van der Waals surface area contributed by atoms with E-state index in [0.29, 0.717) is 5.88 Å². The van der Waals surface area contributed by atoms with Gasteiger partial charge >= 0.3 is 0 Å². The first kappa shape index (κ1) is 11.2. The number of alkyl halides is 1. The maximum Gasteiger partial charge on any atom is 0.108 e. The summed E-state index contributed by atoms with van der Waals surface area (Å²) in [5, 5.41) is 0. The summed E-state index contributed by atoms with van der Waals surface area (Å²) in [6.45, 7) is 1.99. The van der Waals surface area contributed by atoms with E-state index in [-0.39, 0.29) is 12.4 Å². The average molecular weight is 257 g/mol. The Bertz CT molecular complexity index is 240. The fraction of sp³-hybridized carbons (Fsp3) is 0.286. The highest BCUT2D eigenvalue weighted by atomic mass is 79.9. The van der Waals surface area contributed by atoms with E-state index in [1.807, 2.05) is 13.0 Å². The van der Waals surface area contributed by atoms with Crippen LogP contribution in [0.5, 0.6) is 0 Å². The Hall–Kier alpha value is 0.210. The molecule has 11 heavy (non-hydrogen) atoms. The monoisotopic (exact) mass is 255 g/mol. The third kappa shape index (κ3) is 2.97. The molecule has 0 N–H and O–H groups in total. The molecule has 0 bridgehead atoms. The average Bonchev–Trinajstić information content (AvgIpc) is 1.95. The Morgan fingerprint density at radius 3 is 2.73 bits per heavy atom. The highest BCUT2D eigenvalue weighted by Crippen LogP contribution is 2.14. The van der Waals surface area contributed by atoms with Crippen LogP contribution in [0.25, 0.3) is 0 Å². The Balaban J connectivity index is 0.000001000. The highest BCUT2D eigenvalue weighted by Gasteiger charge is 1.95. The van der Waals surface area contributed by atoms with Crippen molar-refractivity contribution in [3.63, 3.8) is 0 Å². The molecule has 0 saturated carbocycles. The van der Waals surface area contributed by atoms with Gasteiger partial charge in [-0.2, -0.15) is 0 Å². The van der Waals surface area contributed by atoms with Crippen LogP contribution in [-0.2, 0) is 5.88 Å². The molecule has 62 valence electrons. The molecule has 0 unspecified atom stereocenters. The lowest BCUT2D eigenvalue weighted by atomic mass is 10.2. The zero-order chi connectivity index (χ0) is 7.56. The van der Waals surface area contributed by atoms with Crippen LogP contribution in [0.3, 0.4) is 0 Å². The van der Waals surface area contributed by atoms with Gasteiger partial charge in [0.1, 0.15) is 4.60 Å². The van der Waals surface area contributed by atoms with Gasteiger partial charge in [0, 0.05) is 12.1 Å². The van der Waals surface area contributed by atoms with Crippen molar-refractivity contribution in [1.29, 1.82) is 0 Å². The molecule has 0 amide bonds. The molecule has 1 rings (SSSR count). The second-order valence-corrected chi connectivity index (χ2v) is 3.10. The molecule has 0 aliphatic heterocycles. The molecule has 0 fully saturated rings. The van der Waals surface area contributed by atoms with Crippen LogP contribution in [0.4, 0.5) is 0 Å². The maximum atomic E-state index is 5.60. The minimum absolute atomic E-state index is 0. The van der Waals surface area contributed by atoms with Gasteiger partial charge in [-0.05, 0) is 34.0 Å². The molecule has 0 spiro atoms. The maximum absolute atomic E-state index is 5.60. The number of pyridine rings is 1. The zero-order valence-electron chi connectivity index (χ0n) is 5.97. The first-order valence-electron chi connectivity index (χ1n) is 2.91. The summed E-state index contributed by atoms with van der Waals surface area (Å²) in [4.78, 5) is 4.08. The summed E-state index contributed by atoms with van der Waals surface area (Å²) in [5.74, 6) is 0.529. The van der Waals surface area contributed by atoms with Crippen molar-refractivity contribution in [2.75, 3.05) is 0 Å². The summed E-state index contributed by atoms with van der Waals surface area (Å²) >= 11 is 8.90. The number of aromatic nitrogens is 1. The van der Waals surface area contributed by atoms with E-state index in [1.165, 1.54) is 0 Å². The van der Waals surface area contributed by atoms with Gasteiger partial charge in [0.05, 0.1) is 0 Å². The summed E-state index contributed by atoms with van der Waals surface area (Å²) in [6, 6.07) is 2.02. The largest absolute Gasteiger partial charge is 0.249 e. The summed E-state index contributed by atoms with van der Waals surface area (Å²) < 4.78 is 0.890. The molecule has 0 aliphatic rings. The molecule has 0 radical (unpaired) electrons. The molecule has 1 heterocycles. The molecule has 1 aromatic rings. The lowest BCUT2D eigenvalue weighted by Crippen LogP contribution is -1.85. The van der Waals surface area contributed by atoms with Gasteiger partial charge in [0.2, 0.25) is 0 Å². The lowest BCUT2D eigenvalue weighted by molar-refractivity contribution is 1.17. The zero-order valence-corrected chi connectivity index (χ0v) is 9.13. The second-order valence-electron chi connectivity index (χ2n) is 2.08. The van der Waals surface area contributed by atoms with Crippen LogP contribution >= 0.6 is 39.9 Å². The number of rotatable bonds is 1. The number of nitrogens with zero attached hydrogens (tertiary/aromatic N) is 1. The number of halogens is 3. The van der Waals surface area contributed by atoms with Crippen LogP contribution in [-0.4, -0.2) is 4.98 Å². The van der Waals surface area contributed by atoms with Crippen LogP contribution in [0, 0.1) is 6.92 Å². The third-order valence-corrected chi connectivity index (χ3v) is 2.36. The predicted octanol–water partition coefficient (Wildman–Crippen LogP) is 3.31. The van der Waals surface area contributed by atoms with Gasteiger partial charge in [-0.25, -0.2) is 4.98 Å². The van der Waals surface area contributed by atoms with Crippen molar-refractivity contribution in [2.24, 2.45) is 0 Å². The lowest BCUT2D eigenvalue weighted by Gasteiger charge is -1.97. The molecule has 0 atom stereocenters. The van der Waals surface area contributed by atoms with E-state index < -0.39 is 0 Å². The first-order valence-corrected chi connectivity index (χ1v) is 4.24. The Morgan fingerprint density at radius 1 is 1.64 bits per heavy atom. The van der Waals surface area contributed by atoms with Gasteiger partial charge in [0.25, 0.3) is 0 Å². The Labute approximate surface area is 85.7 Å². The van der Waals surface area contributed by atoms with Crippen molar-refractivity contribution in [2.45, 2.75) is 12.8 Å². The molecule has 1 nitrogen and oxygen atoms in total. The Morgan fingerprint density at radius 2 is 2.27 bits per heavy atom. The van der Waals surface area contributed by atoms with Crippen LogP contribution < -0.4 is 0 Å². The highest BCUT2D eigenvalue weighted by molar-refractivity contribution is 9.10. The van der Waals surface area contributed by atoms with Crippen LogP contribution in [0.15, 0.2) is 16.9 Å². The molecule has 0 saturated heterocycles. The minimum Gasteiger partial charge on any atom is -0.249 e. The van der Waals surface area contributed by atoms with E-state index in [9.17, 15) is 0 Å². The molecule has 1 aromatic heterocycles. The predicted molar refractivity (Wildman–Crippen MR) is 53.5 cm³/mol. The van der Waals surface area contributed by atoms with Gasteiger partial charge in [0.15, 0.2) is 0 Å². The van der Waals surface area contributed by atoms with Gasteiger partial charge in [-0.1, -0.05) is 6.07 Å². The van der Waals surface area contributed by atoms with E-state index in [0.717, 1.165) is 15.7 Å². The topological polar surface area (TPSA) is 12.9 Å². The quantitative estimate of drug-likeness (QED) is 0.555. The molecule has 0 aromatic carbocycles. The Kier molecular flexibility index (Phi) is 5.06. The molecular formula is C7H8BrCl2N. The summed E-state index contributed by atoms with van der Waals surface area (Å²) in [5.41, 5.74) is 2.18. The van der Waals surface area contributed by atoms with E-state index in [2.05, 4.69) is 20.9 Å². The van der Waals surface area contributed by atoms with Gasteiger partial charge in [-0.15, -0.1) is 24.0 Å². The SMILES string of the molecule is Cc1cc(CCl)cnc1Br.Cl. The van der Waals surface area contributed by atoms with E-state index in [4.69, 9.17) is 11.6 Å². The van der Waals surface area contributed by atoms with Crippen molar-refractivity contribution >= 4 is 39.9 Å². The molecule has 4 heteroatoms. The fourth-order valence-corrected chi connectivity index (χ4v) is 1.05. The van der Waals surface area contributed by atoms with E-state index >= 15 is 0 Å². The van der Waals surface area contributed by atoms with Crippen molar-refractivity contribution < 1.29 is 0 Å². The second kappa shape index (κ2) is 4.96. The smallest absolute Gasteiger partial charge is 0.108 e. The molecule has 0 aliphatic carbocycles. The normalized spacial score (nSPS) is 9.00. The number of hydrogen-bond donors (Lipinski definition) is 0. The van der Waals surface area contributed by atoms with Crippen molar-refractivity contribution in [1.82, 2.24) is 4.98 Å². The van der Waals surface area contributed by atoms with Crippen LogP contribution in [0.1, 0.15) is 11.1 Å². The van der Waals surface area contributed by atoms with Crippen molar-refractivity contribution in [3.05, 3.63) is 28.0 Å². The third-order valence-electron chi connectivity index (χ3n) is 1.23. The van der Waals surface area contributed by atoms with Gasteiger partial charge < -0.3 is 0 Å². The standard InChI is InChI=1S/C7H7BrClN.ClH/c1-5-2-6(3-9)4-10-7(5)8;/h2,4H,3H2,1H3;1H. The molecular weight excluding hydrogens is 249 g/mol.